The predicted molar refractivity (Wildman–Crippen MR) is 146 cm³/mol. The van der Waals surface area contributed by atoms with Gasteiger partial charge in [0.05, 0.1) is 36.8 Å². The van der Waals surface area contributed by atoms with Crippen molar-refractivity contribution in [2.24, 2.45) is 0 Å². The van der Waals surface area contributed by atoms with Crippen LogP contribution in [0.5, 0.6) is 0 Å². The van der Waals surface area contributed by atoms with Gasteiger partial charge in [-0.05, 0) is 41.7 Å². The van der Waals surface area contributed by atoms with Crippen molar-refractivity contribution in [3.05, 3.63) is 56.9 Å². The molecule has 228 valence electrons. The summed E-state index contributed by atoms with van der Waals surface area (Å²) < 4.78 is 127. The highest BCUT2D eigenvalue weighted by atomic mass is 32.2. The second kappa shape index (κ2) is 12.0. The molecule has 0 amide bonds. The first-order valence-corrected chi connectivity index (χ1v) is 16.2. The van der Waals surface area contributed by atoms with Crippen LogP contribution in [0, 0.1) is 5.41 Å². The summed E-state index contributed by atoms with van der Waals surface area (Å²) in [5.41, 5.74) is -13.9. The van der Waals surface area contributed by atoms with Gasteiger partial charge in [0.1, 0.15) is 4.91 Å². The monoisotopic (exact) mass is 627 g/mol. The molecule has 1 fully saturated rings. The van der Waals surface area contributed by atoms with Gasteiger partial charge in [-0.3, -0.25) is 5.41 Å². The number of alkyl halides is 6. The molecule has 0 spiro atoms. The number of likely N-dealkylation sites (tertiary alicyclic amines) is 1. The third-order valence-electron chi connectivity index (χ3n) is 7.49. The Bertz CT molecular complexity index is 1470. The fraction of sp³-hybridized carbons (Fsp3) is 0.519. The Balaban J connectivity index is 0.000000298. The van der Waals surface area contributed by atoms with Crippen molar-refractivity contribution in [3.8, 4) is 0 Å². The molecule has 1 aliphatic heterocycles. The number of allylic oxidation sites excluding steroid dienone is 4. The third-order valence-corrected chi connectivity index (χ3v) is 10.7. The molecule has 2 aliphatic carbocycles. The lowest BCUT2D eigenvalue weighted by Gasteiger charge is -2.34. The first-order valence-electron chi connectivity index (χ1n) is 13.3. The topological polar surface area (TPSA) is 92.1 Å². The molecule has 6 nitrogen and oxygen atoms in total. The number of benzene rings is 1. The van der Waals surface area contributed by atoms with Gasteiger partial charge < -0.3 is 4.48 Å². The Morgan fingerprint density at radius 1 is 0.780 bits per heavy atom. The normalized spacial score (nSPS) is 18.8. The summed E-state index contributed by atoms with van der Waals surface area (Å²) in [6.07, 6.45) is 9.88. The molecule has 0 atom stereocenters. The summed E-state index contributed by atoms with van der Waals surface area (Å²) in [6.45, 7) is 10.5. The fourth-order valence-electron chi connectivity index (χ4n) is 5.31. The number of unbranched alkanes of at least 4 members (excludes halogenated alkanes) is 2. The number of hydrogen-bond donors (Lipinski definition) is 1. The van der Waals surface area contributed by atoms with Crippen LogP contribution in [0.1, 0.15) is 63.5 Å². The van der Waals surface area contributed by atoms with Crippen LogP contribution >= 0.6 is 0 Å². The maximum atomic E-state index is 13.0. The first-order chi connectivity index (χ1) is 18.9. The van der Waals surface area contributed by atoms with E-state index >= 15 is 0 Å². The van der Waals surface area contributed by atoms with Crippen molar-refractivity contribution in [1.82, 2.24) is 0 Å². The van der Waals surface area contributed by atoms with Crippen molar-refractivity contribution < 1.29 is 47.7 Å². The summed E-state index contributed by atoms with van der Waals surface area (Å²) in [6, 6.07) is 5.69. The van der Waals surface area contributed by atoms with Crippen LogP contribution in [-0.2, 0) is 19.7 Å². The van der Waals surface area contributed by atoms with Crippen molar-refractivity contribution in [3.63, 3.8) is 0 Å². The maximum absolute atomic E-state index is 13.0. The highest BCUT2D eigenvalue weighted by Gasteiger charge is 2.57. The van der Waals surface area contributed by atoms with Gasteiger partial charge in [0, 0.05) is 18.4 Å². The first kappa shape index (κ1) is 33.1. The molecule has 14 heteroatoms. The average molecular weight is 628 g/mol. The van der Waals surface area contributed by atoms with Crippen LogP contribution in [-0.4, -0.2) is 64.2 Å². The van der Waals surface area contributed by atoms with E-state index in [-0.39, 0.29) is 22.8 Å². The van der Waals surface area contributed by atoms with E-state index in [1.807, 2.05) is 0 Å². The average Bonchev–Trinajstić information content (AvgIpc) is 3.50. The number of fused-ring (bicyclic) bond motifs is 3. The molecule has 4 rings (SSSR count). The van der Waals surface area contributed by atoms with E-state index in [9.17, 15) is 43.2 Å². The zero-order valence-electron chi connectivity index (χ0n) is 22.7. The molecule has 0 aromatic heterocycles. The number of rotatable bonds is 8. The molecule has 1 heterocycles. The summed E-state index contributed by atoms with van der Waals surface area (Å²) in [5, 5.41) is 7.82. The van der Waals surface area contributed by atoms with Gasteiger partial charge >= 0.3 is 11.0 Å². The number of hydrogen-bond acceptors (Lipinski definition) is 5. The Hall–Kier alpha value is -2.45. The number of quaternary nitrogens is 1. The van der Waals surface area contributed by atoms with Crippen molar-refractivity contribution in [1.29, 1.82) is 5.41 Å². The number of sulfone groups is 2. The van der Waals surface area contributed by atoms with Crippen LogP contribution in [0.25, 0.3) is 11.6 Å². The minimum atomic E-state index is -6.58. The van der Waals surface area contributed by atoms with Gasteiger partial charge in [-0.15, -0.1) is 0 Å². The van der Waals surface area contributed by atoms with Gasteiger partial charge in [-0.1, -0.05) is 51.0 Å². The number of halogens is 6. The minimum Gasteiger partial charge on any atom is -0.324 e. The molecular formula is C27H33F6N2O4S2+. The van der Waals surface area contributed by atoms with Crippen LogP contribution in [0.15, 0.2) is 45.7 Å². The minimum absolute atomic E-state index is 0.153. The molecule has 0 saturated carbocycles. The largest absolute Gasteiger partial charge is 0.502 e. The van der Waals surface area contributed by atoms with Crippen LogP contribution in [0.4, 0.5) is 26.3 Å². The fourth-order valence-corrected chi connectivity index (χ4v) is 7.77. The molecule has 1 aromatic carbocycles. The Morgan fingerprint density at radius 2 is 1.29 bits per heavy atom. The lowest BCUT2D eigenvalue weighted by atomic mass is 9.95. The Kier molecular flexibility index (Phi) is 9.71. The number of nitrogens with one attached hydrogen (secondary N) is 1. The molecular weight excluding hydrogens is 594 g/mol. The summed E-state index contributed by atoms with van der Waals surface area (Å²) in [4.78, 5) is -4.38. The Morgan fingerprint density at radius 3 is 1.78 bits per heavy atom. The highest BCUT2D eigenvalue weighted by molar-refractivity contribution is 8.00. The second-order valence-corrected chi connectivity index (χ2v) is 14.1. The zero-order valence-corrected chi connectivity index (χ0v) is 24.3. The van der Waals surface area contributed by atoms with E-state index in [0.717, 1.165) is 6.08 Å². The molecule has 0 unspecified atom stereocenters. The van der Waals surface area contributed by atoms with Crippen LogP contribution < -0.4 is 0 Å². The molecule has 1 N–H and O–H groups in total. The second-order valence-electron chi connectivity index (χ2n) is 10.3. The van der Waals surface area contributed by atoms with Gasteiger partial charge in [0.2, 0.25) is 0 Å². The quantitative estimate of drug-likeness (QED) is 0.254. The van der Waals surface area contributed by atoms with E-state index in [1.54, 1.807) is 0 Å². The lowest BCUT2D eigenvalue weighted by Crippen LogP contribution is -2.46. The molecule has 41 heavy (non-hydrogen) atoms. The third kappa shape index (κ3) is 6.48. The van der Waals surface area contributed by atoms with E-state index in [0.29, 0.717) is 0 Å². The number of nitrogens with zero attached hydrogens (tertiary/aromatic N) is 1. The molecule has 1 saturated heterocycles. The van der Waals surface area contributed by atoms with Crippen LogP contribution in [0.2, 0.25) is 0 Å². The SMILES string of the molecule is CCCC[N+]1(CCCC)CCCC1.N=C1C2=Cc3ccccc3C2=CC(S(=O)(=O)C(F)(F)F)=C1S(=O)(=O)C(F)(F)F. The predicted octanol–water partition coefficient (Wildman–Crippen LogP) is 6.78. The van der Waals surface area contributed by atoms with E-state index in [2.05, 4.69) is 13.8 Å². The standard InChI is InChI=1S/C15H7F6NO4S2.C12H26N/c16-14(17,18)27(23,24)11-6-9-8-4-2-1-3-7(8)5-10(9)12(22)13(11)28(25,26)15(19,20)21;1-3-5-9-13(10-6-4-2)11-7-8-12-13/h1-6,22H;3-12H2,1-2H3/q;+1. The molecule has 3 aliphatic rings. The smallest absolute Gasteiger partial charge is 0.324 e. The maximum Gasteiger partial charge on any atom is 0.502 e. The van der Waals surface area contributed by atoms with Crippen molar-refractivity contribution in [2.45, 2.75) is 63.4 Å². The van der Waals surface area contributed by atoms with Gasteiger partial charge in [0.25, 0.3) is 19.7 Å². The van der Waals surface area contributed by atoms with Crippen molar-refractivity contribution >= 4 is 37.0 Å². The zero-order chi connectivity index (χ0) is 30.9. The van der Waals surface area contributed by atoms with Gasteiger partial charge in [-0.25, -0.2) is 16.8 Å². The summed E-state index contributed by atoms with van der Waals surface area (Å²) >= 11 is 0. The molecule has 0 radical (unpaired) electrons. The molecule has 0 bridgehead atoms. The van der Waals surface area contributed by atoms with E-state index < -0.39 is 51.8 Å². The lowest BCUT2D eigenvalue weighted by molar-refractivity contribution is -0.917. The van der Waals surface area contributed by atoms with E-state index in [1.165, 1.54) is 93.5 Å². The van der Waals surface area contributed by atoms with E-state index in [4.69, 9.17) is 5.41 Å². The van der Waals surface area contributed by atoms with Gasteiger partial charge in [-0.2, -0.15) is 26.3 Å². The molecule has 1 aromatic rings. The highest BCUT2D eigenvalue weighted by Crippen LogP contribution is 2.47. The summed E-state index contributed by atoms with van der Waals surface area (Å²) in [5.74, 6) is 0. The van der Waals surface area contributed by atoms with Crippen LogP contribution in [0.3, 0.4) is 0 Å². The summed E-state index contributed by atoms with van der Waals surface area (Å²) in [7, 11) is -13.1. The van der Waals surface area contributed by atoms with Gasteiger partial charge in [0.15, 0.2) is 0 Å². The Labute approximate surface area is 236 Å². The van der Waals surface area contributed by atoms with Crippen molar-refractivity contribution in [2.75, 3.05) is 26.2 Å².